The highest BCUT2D eigenvalue weighted by Gasteiger charge is 2.38. The van der Waals surface area contributed by atoms with E-state index in [0.717, 1.165) is 154 Å². The van der Waals surface area contributed by atoms with E-state index in [4.69, 9.17) is 15.0 Å². The molecule has 21 rings (SSSR count). The molecule has 0 unspecified atom stereocenters. The third-order valence-corrected chi connectivity index (χ3v) is 21.1. The monoisotopic (exact) mass is 1350 g/mol. The van der Waals surface area contributed by atoms with E-state index in [-0.39, 0.29) is 29.0 Å². The largest absolute Gasteiger partial charge is 0.418 e. The molecule has 0 radical (unpaired) electrons. The van der Waals surface area contributed by atoms with Crippen molar-refractivity contribution in [1.29, 1.82) is 0 Å². The van der Waals surface area contributed by atoms with Crippen molar-refractivity contribution in [2.45, 2.75) is 6.18 Å². The molecule has 6 aromatic heterocycles. The lowest BCUT2D eigenvalue weighted by molar-refractivity contribution is -0.137. The highest BCUT2D eigenvalue weighted by Crippen LogP contribution is 2.52. The van der Waals surface area contributed by atoms with Crippen LogP contribution in [-0.2, 0) is 6.18 Å². The van der Waals surface area contributed by atoms with Gasteiger partial charge in [-0.1, -0.05) is 237 Å². The predicted molar refractivity (Wildman–Crippen MR) is 424 cm³/mol. The van der Waals surface area contributed by atoms with E-state index in [1.54, 1.807) is 12.1 Å². The van der Waals surface area contributed by atoms with Crippen LogP contribution in [0.3, 0.4) is 0 Å². The molecule has 0 fully saturated rings. The molecule has 11 heteroatoms. The summed E-state index contributed by atoms with van der Waals surface area (Å²) >= 11 is 0. The van der Waals surface area contributed by atoms with Gasteiger partial charge < -0.3 is 13.7 Å². The third kappa shape index (κ3) is 9.31. The topological polar surface area (TPSA) is 63.3 Å². The fraction of sp³-hybridized carbons (Fsp3) is 0.0106. The zero-order valence-electron chi connectivity index (χ0n) is 56.1. The van der Waals surface area contributed by atoms with Gasteiger partial charge in [0.05, 0.1) is 66.4 Å². The Kier molecular flexibility index (Phi) is 13.3. The highest BCUT2D eigenvalue weighted by molar-refractivity contribution is 6.40. The van der Waals surface area contributed by atoms with E-state index >= 15 is 13.2 Å². The number of aromatic nitrogens is 8. The number of para-hydroxylation sites is 5. The molecule has 0 aliphatic rings. The summed E-state index contributed by atoms with van der Waals surface area (Å²) in [4.78, 5) is 16.5. The summed E-state index contributed by atoms with van der Waals surface area (Å²) in [5.74, 6) is 0.494. The van der Waals surface area contributed by atoms with Crippen molar-refractivity contribution >= 4 is 109 Å². The molecule has 0 saturated carbocycles. The Balaban J connectivity index is 0.868. The molecule has 0 bridgehead atoms. The van der Waals surface area contributed by atoms with Crippen molar-refractivity contribution < 1.29 is 13.2 Å². The first-order valence-corrected chi connectivity index (χ1v) is 35.1. The molecule has 0 spiro atoms. The number of alkyl halides is 3. The Bertz CT molecular complexity index is 6610. The standard InChI is InChI=1S/C94H57F3N8/c95-94(96,97)76-57-66(47-52-84(76)103-79-42-24-21-39-71(79)87-89-85(69-37-19-22-40-77(69)101(89)67-33-15-5-16-34-67)88-86(90(87)103)70-38-20-23-41-78(70)102(88)68-35-17-6-18-36-68)91-98-92(104-80-48-43-62(58-25-7-1-8-26-58)53-72(80)73-54-63(44-49-81(73)104)59-27-9-2-10-28-59)100-93(99-91)105-82-50-45-64(60-29-11-3-12-30-60)55-74(82)75-56-65(46-51-83(75)105)61-31-13-4-14-32-61/h1-57H. The van der Waals surface area contributed by atoms with Gasteiger partial charge in [0.2, 0.25) is 11.9 Å². The Labute approximate surface area is 598 Å². The average molecular weight is 1360 g/mol. The van der Waals surface area contributed by atoms with Gasteiger partial charge in [-0.2, -0.15) is 28.1 Å². The van der Waals surface area contributed by atoms with Gasteiger partial charge in [0.1, 0.15) is 0 Å². The van der Waals surface area contributed by atoms with E-state index in [1.165, 1.54) is 6.07 Å². The first-order chi connectivity index (χ1) is 51.8. The molecule has 6 heterocycles. The number of hydrogen-bond donors (Lipinski definition) is 0. The van der Waals surface area contributed by atoms with Gasteiger partial charge in [-0.15, -0.1) is 0 Å². The lowest BCUT2D eigenvalue weighted by atomic mass is 10.0. The Morgan fingerprint density at radius 2 is 0.505 bits per heavy atom. The zero-order valence-corrected chi connectivity index (χ0v) is 56.1. The molecule has 494 valence electrons. The van der Waals surface area contributed by atoms with E-state index in [2.05, 4.69) is 197 Å². The third-order valence-electron chi connectivity index (χ3n) is 21.1. The molecule has 0 saturated heterocycles. The van der Waals surface area contributed by atoms with Crippen LogP contribution in [-0.4, -0.2) is 37.8 Å². The van der Waals surface area contributed by atoms with Crippen LogP contribution in [0, 0.1) is 0 Å². The molecule has 105 heavy (non-hydrogen) atoms. The van der Waals surface area contributed by atoms with Crippen LogP contribution >= 0.6 is 0 Å². The van der Waals surface area contributed by atoms with Crippen molar-refractivity contribution in [2.75, 3.05) is 0 Å². The Morgan fingerprint density at radius 3 is 0.848 bits per heavy atom. The number of hydrogen-bond acceptors (Lipinski definition) is 3. The van der Waals surface area contributed by atoms with Crippen LogP contribution < -0.4 is 0 Å². The summed E-state index contributed by atoms with van der Waals surface area (Å²) < 4.78 is 62.9. The maximum absolute atomic E-state index is 17.4. The summed E-state index contributed by atoms with van der Waals surface area (Å²) in [5, 5.41) is 9.14. The quantitative estimate of drug-likeness (QED) is 0.137. The second-order valence-electron chi connectivity index (χ2n) is 27.0. The predicted octanol–water partition coefficient (Wildman–Crippen LogP) is 24.7. The summed E-state index contributed by atoms with van der Waals surface area (Å²) in [6.45, 7) is 0. The number of nitrogens with zero attached hydrogens (tertiary/aromatic N) is 8. The zero-order chi connectivity index (χ0) is 69.6. The molecule has 0 aliphatic heterocycles. The molecule has 0 amide bonds. The number of halogens is 3. The van der Waals surface area contributed by atoms with Gasteiger partial charge in [0, 0.05) is 70.8 Å². The van der Waals surface area contributed by atoms with Crippen molar-refractivity contribution in [2.24, 2.45) is 0 Å². The van der Waals surface area contributed by atoms with E-state index in [1.807, 2.05) is 153 Å². The minimum atomic E-state index is -4.93. The van der Waals surface area contributed by atoms with Crippen molar-refractivity contribution in [3.63, 3.8) is 0 Å². The molecule has 0 N–H and O–H groups in total. The number of benzene rings is 15. The Hall–Kier alpha value is -13.9. The molecule has 8 nitrogen and oxygen atoms in total. The molecular formula is C94H57F3N8. The van der Waals surface area contributed by atoms with Crippen LogP contribution in [0.25, 0.3) is 194 Å². The first-order valence-electron chi connectivity index (χ1n) is 35.1. The molecule has 0 aliphatic carbocycles. The maximum atomic E-state index is 17.4. The minimum absolute atomic E-state index is 0.0466. The van der Waals surface area contributed by atoms with Gasteiger partial charge >= 0.3 is 6.18 Å². The van der Waals surface area contributed by atoms with Crippen LogP contribution in [0.4, 0.5) is 13.2 Å². The lowest BCUT2D eigenvalue weighted by Crippen LogP contribution is -2.13. The van der Waals surface area contributed by atoms with Crippen LogP contribution in [0.2, 0.25) is 0 Å². The summed E-state index contributed by atoms with van der Waals surface area (Å²) in [5.41, 5.74) is 17.5. The van der Waals surface area contributed by atoms with E-state index in [0.29, 0.717) is 11.0 Å². The smallest absolute Gasteiger partial charge is 0.308 e. The fourth-order valence-electron chi connectivity index (χ4n) is 16.6. The van der Waals surface area contributed by atoms with Crippen LogP contribution in [0.1, 0.15) is 5.56 Å². The number of fused-ring (bicyclic) bond motifs is 18. The maximum Gasteiger partial charge on any atom is 0.418 e. The summed E-state index contributed by atoms with van der Waals surface area (Å²) in [6.07, 6.45) is -4.93. The molecule has 0 atom stereocenters. The second kappa shape index (κ2) is 23.3. The van der Waals surface area contributed by atoms with Crippen LogP contribution in [0.15, 0.2) is 346 Å². The van der Waals surface area contributed by atoms with Crippen molar-refractivity contribution in [3.05, 3.63) is 351 Å². The van der Waals surface area contributed by atoms with E-state index in [9.17, 15) is 0 Å². The lowest BCUT2D eigenvalue weighted by Gasteiger charge is -2.18. The van der Waals surface area contributed by atoms with E-state index < -0.39 is 11.7 Å². The average Bonchev–Trinajstić information content (AvgIpc) is 1.50. The highest BCUT2D eigenvalue weighted by atomic mass is 19.4. The van der Waals surface area contributed by atoms with Crippen molar-refractivity contribution in [1.82, 2.24) is 37.8 Å². The summed E-state index contributed by atoms with van der Waals surface area (Å²) in [6, 6.07) is 117. The minimum Gasteiger partial charge on any atom is -0.308 e. The van der Waals surface area contributed by atoms with Crippen LogP contribution in [0.5, 0.6) is 0 Å². The number of rotatable bonds is 10. The van der Waals surface area contributed by atoms with Crippen molar-refractivity contribution in [3.8, 4) is 84.9 Å². The van der Waals surface area contributed by atoms with Gasteiger partial charge in [-0.25, -0.2) is 0 Å². The fourth-order valence-corrected chi connectivity index (χ4v) is 16.6. The molecule has 21 aromatic rings. The second-order valence-corrected chi connectivity index (χ2v) is 27.0. The summed E-state index contributed by atoms with van der Waals surface area (Å²) in [7, 11) is 0. The van der Waals surface area contributed by atoms with Gasteiger partial charge in [0.25, 0.3) is 0 Å². The molecule has 15 aromatic carbocycles. The normalized spacial score (nSPS) is 12.1. The Morgan fingerprint density at radius 1 is 0.219 bits per heavy atom. The molecular weight excluding hydrogens is 1300 g/mol. The van der Waals surface area contributed by atoms with Gasteiger partial charge in [-0.05, 0) is 154 Å². The first kappa shape index (κ1) is 59.9. The van der Waals surface area contributed by atoms with Gasteiger partial charge in [0.15, 0.2) is 5.82 Å². The van der Waals surface area contributed by atoms with Gasteiger partial charge in [-0.3, -0.25) is 9.13 Å². The SMILES string of the molecule is FC(F)(F)c1cc(-c2nc(-n3c4ccc(-c5ccccc5)cc4c4cc(-c5ccccc5)ccc43)nc(-n3c4ccc(-c5ccccc5)cc4c4cc(-c5ccccc5)ccc43)n2)ccc1-n1c2ccccc2c2c3c(c4ccccc4n3-c3ccccc3)c3c(c4ccccc4n3-c3ccccc3)c21.